The molecule has 2 N–H and O–H groups in total. The molecule has 1 unspecified atom stereocenters. The molecule has 1 heterocycles. The summed E-state index contributed by atoms with van der Waals surface area (Å²) in [5, 5.41) is 11.0. The van der Waals surface area contributed by atoms with Crippen LogP contribution < -0.4 is 10.6 Å². The van der Waals surface area contributed by atoms with Crippen LogP contribution in [0.1, 0.15) is 12.8 Å². The summed E-state index contributed by atoms with van der Waals surface area (Å²) in [6.07, 6.45) is 1.38. The van der Waals surface area contributed by atoms with Crippen molar-refractivity contribution < 1.29 is 9.72 Å². The Balaban J connectivity index is 2.40. The number of amides is 1. The summed E-state index contributed by atoms with van der Waals surface area (Å²) in [6, 6.07) is 3.47. The standard InChI is InChI=1S/C11H12ClN3O3/c12-8-4-3-7(15(17)18)6-10(8)14-5-1-2-9(13)11(14)16/h3-4,6,9H,1-2,5,13H2. The molecule has 1 aromatic carbocycles. The highest BCUT2D eigenvalue weighted by Crippen LogP contribution is 2.32. The molecule has 96 valence electrons. The van der Waals surface area contributed by atoms with E-state index in [1.54, 1.807) is 0 Å². The zero-order valence-electron chi connectivity index (χ0n) is 9.51. The molecule has 0 bridgehead atoms. The number of nitrogens with two attached hydrogens (primary N) is 1. The van der Waals surface area contributed by atoms with E-state index in [0.717, 1.165) is 6.42 Å². The van der Waals surface area contributed by atoms with Crippen LogP contribution in [0.5, 0.6) is 0 Å². The Labute approximate surface area is 108 Å². The molecule has 1 aliphatic rings. The summed E-state index contributed by atoms with van der Waals surface area (Å²) in [6.45, 7) is 0.480. The number of non-ortho nitro benzene ring substituents is 1. The average molecular weight is 270 g/mol. The van der Waals surface area contributed by atoms with Crippen molar-refractivity contribution in [2.75, 3.05) is 11.4 Å². The molecule has 1 aromatic rings. The number of benzene rings is 1. The molecule has 1 atom stereocenters. The summed E-state index contributed by atoms with van der Waals surface area (Å²) < 4.78 is 0. The molecular formula is C11H12ClN3O3. The third-order valence-electron chi connectivity index (χ3n) is 2.91. The fourth-order valence-electron chi connectivity index (χ4n) is 1.96. The topological polar surface area (TPSA) is 89.5 Å². The number of nitro benzene ring substituents is 1. The first-order valence-corrected chi connectivity index (χ1v) is 5.89. The number of hydrogen-bond donors (Lipinski definition) is 1. The van der Waals surface area contributed by atoms with Gasteiger partial charge in [0.1, 0.15) is 0 Å². The van der Waals surface area contributed by atoms with Crippen LogP contribution in [0.3, 0.4) is 0 Å². The van der Waals surface area contributed by atoms with E-state index in [1.807, 2.05) is 0 Å². The van der Waals surface area contributed by atoms with Crippen molar-refractivity contribution >= 4 is 28.9 Å². The Morgan fingerprint density at radius 2 is 2.22 bits per heavy atom. The normalized spacial score (nSPS) is 20.0. The van der Waals surface area contributed by atoms with Crippen LogP contribution in [0, 0.1) is 10.1 Å². The second-order valence-electron chi connectivity index (χ2n) is 4.13. The second kappa shape index (κ2) is 4.91. The summed E-state index contributed by atoms with van der Waals surface area (Å²) in [5.74, 6) is -0.247. The van der Waals surface area contributed by atoms with E-state index in [1.165, 1.54) is 23.1 Å². The van der Waals surface area contributed by atoms with Gasteiger partial charge in [0.2, 0.25) is 5.91 Å². The summed E-state index contributed by atoms with van der Waals surface area (Å²) in [5.41, 5.74) is 5.94. The maximum atomic E-state index is 11.9. The fraction of sp³-hybridized carbons (Fsp3) is 0.364. The Kier molecular flexibility index (Phi) is 3.49. The molecule has 1 fully saturated rings. The third-order valence-corrected chi connectivity index (χ3v) is 3.23. The summed E-state index contributed by atoms with van der Waals surface area (Å²) >= 11 is 5.99. The van der Waals surface area contributed by atoms with E-state index in [9.17, 15) is 14.9 Å². The summed E-state index contributed by atoms with van der Waals surface area (Å²) in [7, 11) is 0. The minimum Gasteiger partial charge on any atom is -0.320 e. The van der Waals surface area contributed by atoms with Crippen molar-refractivity contribution in [3.8, 4) is 0 Å². The van der Waals surface area contributed by atoms with Crippen molar-refractivity contribution in [1.29, 1.82) is 0 Å². The molecular weight excluding hydrogens is 258 g/mol. The lowest BCUT2D eigenvalue weighted by Crippen LogP contribution is -2.48. The number of hydrogen-bond acceptors (Lipinski definition) is 4. The number of nitrogens with zero attached hydrogens (tertiary/aromatic N) is 2. The Bertz CT molecular complexity index is 506. The Morgan fingerprint density at radius 3 is 2.89 bits per heavy atom. The molecule has 0 aliphatic carbocycles. The van der Waals surface area contributed by atoms with Crippen molar-refractivity contribution in [2.45, 2.75) is 18.9 Å². The molecule has 1 aliphatic heterocycles. The maximum Gasteiger partial charge on any atom is 0.271 e. The predicted molar refractivity (Wildman–Crippen MR) is 67.7 cm³/mol. The molecule has 6 nitrogen and oxygen atoms in total. The monoisotopic (exact) mass is 269 g/mol. The van der Waals surface area contributed by atoms with Crippen LogP contribution in [0.2, 0.25) is 5.02 Å². The fourth-order valence-corrected chi connectivity index (χ4v) is 2.18. The van der Waals surface area contributed by atoms with E-state index in [2.05, 4.69) is 0 Å². The first kappa shape index (κ1) is 12.8. The molecule has 1 amide bonds. The van der Waals surface area contributed by atoms with Crippen LogP contribution in [-0.4, -0.2) is 23.4 Å². The molecule has 1 saturated heterocycles. The van der Waals surface area contributed by atoms with E-state index >= 15 is 0 Å². The van der Waals surface area contributed by atoms with E-state index in [-0.39, 0.29) is 11.6 Å². The summed E-state index contributed by atoms with van der Waals surface area (Å²) in [4.78, 5) is 23.6. The lowest BCUT2D eigenvalue weighted by atomic mass is 10.0. The Hall–Kier alpha value is -1.66. The minimum atomic E-state index is -0.561. The van der Waals surface area contributed by atoms with Gasteiger partial charge in [0.15, 0.2) is 0 Å². The van der Waals surface area contributed by atoms with Crippen LogP contribution in [0.15, 0.2) is 18.2 Å². The van der Waals surface area contributed by atoms with Gasteiger partial charge in [0.05, 0.1) is 21.7 Å². The van der Waals surface area contributed by atoms with Crippen LogP contribution >= 0.6 is 11.6 Å². The quantitative estimate of drug-likeness (QED) is 0.654. The first-order valence-electron chi connectivity index (χ1n) is 5.51. The number of halogens is 1. The number of anilines is 1. The van der Waals surface area contributed by atoms with Gasteiger partial charge in [-0.2, -0.15) is 0 Å². The number of carbonyl (C=O) groups excluding carboxylic acids is 1. The van der Waals surface area contributed by atoms with Crippen LogP contribution in [0.4, 0.5) is 11.4 Å². The lowest BCUT2D eigenvalue weighted by molar-refractivity contribution is -0.384. The molecule has 18 heavy (non-hydrogen) atoms. The highest BCUT2D eigenvalue weighted by atomic mass is 35.5. The van der Waals surface area contributed by atoms with Crippen LogP contribution in [0.25, 0.3) is 0 Å². The van der Waals surface area contributed by atoms with Crippen molar-refractivity contribution in [2.24, 2.45) is 5.73 Å². The lowest BCUT2D eigenvalue weighted by Gasteiger charge is -2.30. The molecule has 2 rings (SSSR count). The van der Waals surface area contributed by atoms with Gasteiger partial charge in [0.25, 0.3) is 5.69 Å². The molecule has 7 heteroatoms. The van der Waals surface area contributed by atoms with Gasteiger partial charge in [-0.25, -0.2) is 0 Å². The molecule has 0 spiro atoms. The molecule has 0 radical (unpaired) electrons. The average Bonchev–Trinajstić information content (AvgIpc) is 2.33. The van der Waals surface area contributed by atoms with Gasteiger partial charge in [-0.05, 0) is 18.9 Å². The van der Waals surface area contributed by atoms with Crippen LogP contribution in [-0.2, 0) is 4.79 Å². The van der Waals surface area contributed by atoms with Crippen molar-refractivity contribution in [1.82, 2.24) is 0 Å². The number of carbonyl (C=O) groups is 1. The highest BCUT2D eigenvalue weighted by Gasteiger charge is 2.28. The SMILES string of the molecule is NC1CCCN(c2cc([N+](=O)[O-])ccc2Cl)C1=O. The van der Waals surface area contributed by atoms with Gasteiger partial charge in [-0.1, -0.05) is 11.6 Å². The highest BCUT2D eigenvalue weighted by molar-refractivity contribution is 6.34. The number of nitro groups is 1. The van der Waals surface area contributed by atoms with Gasteiger partial charge >= 0.3 is 0 Å². The molecule has 0 aromatic heterocycles. The van der Waals surface area contributed by atoms with E-state index < -0.39 is 11.0 Å². The predicted octanol–water partition coefficient (Wildman–Crippen LogP) is 1.70. The van der Waals surface area contributed by atoms with Crippen molar-refractivity contribution in [3.63, 3.8) is 0 Å². The molecule has 0 saturated carbocycles. The third kappa shape index (κ3) is 2.30. The zero-order chi connectivity index (χ0) is 13.3. The Morgan fingerprint density at radius 1 is 1.50 bits per heavy atom. The van der Waals surface area contributed by atoms with E-state index in [4.69, 9.17) is 17.3 Å². The zero-order valence-corrected chi connectivity index (χ0v) is 10.3. The maximum absolute atomic E-state index is 11.9. The number of rotatable bonds is 2. The van der Waals surface area contributed by atoms with Gasteiger partial charge in [-0.3, -0.25) is 14.9 Å². The van der Waals surface area contributed by atoms with E-state index in [0.29, 0.717) is 23.7 Å². The first-order chi connectivity index (χ1) is 8.50. The van der Waals surface area contributed by atoms with Crippen molar-refractivity contribution in [3.05, 3.63) is 33.3 Å². The van der Waals surface area contributed by atoms with Gasteiger partial charge in [-0.15, -0.1) is 0 Å². The second-order valence-corrected chi connectivity index (χ2v) is 4.54. The smallest absolute Gasteiger partial charge is 0.271 e. The largest absolute Gasteiger partial charge is 0.320 e. The number of piperidine rings is 1. The van der Waals surface area contributed by atoms with Gasteiger partial charge < -0.3 is 10.6 Å². The minimum absolute atomic E-state index is 0.0960. The van der Waals surface area contributed by atoms with Gasteiger partial charge in [0, 0.05) is 18.7 Å².